The Labute approximate surface area is 406 Å². The first-order valence-corrected chi connectivity index (χ1v) is 23.9. The summed E-state index contributed by atoms with van der Waals surface area (Å²) < 4.78 is 71.7. The zero-order valence-corrected chi connectivity index (χ0v) is 40.7. The van der Waals surface area contributed by atoms with E-state index < -0.39 is 20.2 Å². The molecule has 4 aliphatic heterocycles. The third kappa shape index (κ3) is 9.76. The van der Waals surface area contributed by atoms with Crippen molar-refractivity contribution in [1.82, 2.24) is 39.9 Å². The number of nitrogens with zero attached hydrogens (tertiary/aromatic N) is 4. The van der Waals surface area contributed by atoms with Crippen LogP contribution in [0.5, 0.6) is 0 Å². The van der Waals surface area contributed by atoms with Gasteiger partial charge in [-0.1, -0.05) is 36.4 Å². The van der Waals surface area contributed by atoms with Crippen molar-refractivity contribution in [2.45, 2.75) is 9.79 Å². The van der Waals surface area contributed by atoms with Crippen LogP contribution >= 0.6 is 0 Å². The Hall–Kier alpha value is -7.92. The van der Waals surface area contributed by atoms with Crippen molar-refractivity contribution in [3.05, 3.63) is 179 Å². The molecule has 0 aliphatic carbocycles. The van der Waals surface area contributed by atoms with E-state index in [1.54, 1.807) is 36.4 Å². The molecular weight excluding hydrogens is 962 g/mol. The van der Waals surface area contributed by atoms with Gasteiger partial charge in [-0.05, 0) is 146 Å². The maximum Gasteiger partial charge on any atom is 2.00 e. The van der Waals surface area contributed by atoms with Gasteiger partial charge in [0.15, 0.2) is 0 Å². The maximum atomic E-state index is 11.9. The summed E-state index contributed by atoms with van der Waals surface area (Å²) in [6.07, 6.45) is 15.3. The zero-order valence-electron chi connectivity index (χ0n) is 36.1. The summed E-state index contributed by atoms with van der Waals surface area (Å²) >= 11 is 0. The topological polar surface area (TPSA) is 229 Å². The third-order valence-electron chi connectivity index (χ3n) is 11.2. The predicted octanol–water partition coefficient (Wildman–Crippen LogP) is 10.5. The molecule has 0 saturated heterocycles. The molecule has 2 aromatic carbocycles. The van der Waals surface area contributed by atoms with Crippen LogP contribution in [0.15, 0.2) is 143 Å². The van der Waals surface area contributed by atoms with Crippen LogP contribution in [0, 0.1) is 0 Å². The SMILES string of the molecule is O=S(=O)([O-])c1ccccc1-c1cc2cc3ccc(cc4nc(cc5nc(cc1[nH]2)C=C5)C=C4)[nH]3.O=S(=O)([O-])c1ccccc1-c1cc2cc3ccc(cc4nc(cc5nc(cc1[nH]2)C=C5)C=C4)[nH]3.[Zn+2]. The fourth-order valence-electron chi connectivity index (χ4n) is 8.30. The number of aromatic nitrogens is 8. The first-order valence-electron chi connectivity index (χ1n) is 21.1. The van der Waals surface area contributed by atoms with Gasteiger partial charge in [0.1, 0.15) is 20.2 Å². The predicted molar refractivity (Wildman–Crippen MR) is 265 cm³/mol. The van der Waals surface area contributed by atoms with Gasteiger partial charge < -0.3 is 29.0 Å². The van der Waals surface area contributed by atoms with Gasteiger partial charge in [0.05, 0.1) is 55.3 Å². The fraction of sp³-hybridized carbons (Fsp3) is 0. The molecule has 4 aliphatic rings. The monoisotopic (exact) mass is 994 g/mol. The number of H-pyrrole nitrogens is 4. The summed E-state index contributed by atoms with van der Waals surface area (Å²) in [5, 5.41) is 0. The molecule has 12 rings (SSSR count). The standard InChI is InChI=1S/2C26H18N4O3S.Zn/c2*31-34(32,33)26-4-2-1-3-23(26)24-14-22-13-20-8-7-18(28-20)11-16-5-6-17(27-16)12-19-9-10-21(29-19)15-25(24)30-22;/h2*1-15,28,30H,(H,31,32,33);/q;;+2/p-2. The first-order chi connectivity index (χ1) is 32.8. The van der Waals surface area contributed by atoms with Gasteiger partial charge in [-0.2, -0.15) is 0 Å². The van der Waals surface area contributed by atoms with Crippen LogP contribution in [-0.4, -0.2) is 65.8 Å². The zero-order chi connectivity index (χ0) is 46.6. The molecular formula is C52H34N8O6S2Zn. The molecule has 0 amide bonds. The van der Waals surface area contributed by atoms with E-state index >= 15 is 0 Å². The van der Waals surface area contributed by atoms with Crippen LogP contribution in [0.25, 0.3) is 115 Å². The number of benzene rings is 2. The second kappa shape index (κ2) is 18.0. The molecule has 0 saturated carbocycles. The van der Waals surface area contributed by atoms with Gasteiger partial charge >= 0.3 is 19.5 Å². The van der Waals surface area contributed by atoms with Crippen molar-refractivity contribution < 1.29 is 45.4 Å². The Bertz CT molecular complexity index is 3860. The molecule has 8 aromatic rings. The Balaban J connectivity index is 0.000000158. The van der Waals surface area contributed by atoms with E-state index in [0.29, 0.717) is 44.7 Å². The summed E-state index contributed by atoms with van der Waals surface area (Å²) in [5.74, 6) is 0. The molecule has 6 aromatic heterocycles. The van der Waals surface area contributed by atoms with E-state index in [1.807, 2.05) is 134 Å². The minimum absolute atomic E-state index is 0. The largest absolute Gasteiger partial charge is 2.00 e. The van der Waals surface area contributed by atoms with Crippen molar-refractivity contribution in [3.8, 4) is 22.3 Å². The summed E-state index contributed by atoms with van der Waals surface area (Å²) in [6, 6.07) is 39.1. The minimum Gasteiger partial charge on any atom is -0.744 e. The maximum absolute atomic E-state index is 11.9. The molecule has 14 nitrogen and oxygen atoms in total. The Kier molecular flexibility index (Phi) is 11.7. The fourth-order valence-corrected chi connectivity index (χ4v) is 9.68. The van der Waals surface area contributed by atoms with Crippen molar-refractivity contribution in [2.75, 3.05) is 0 Å². The van der Waals surface area contributed by atoms with E-state index in [1.165, 1.54) is 12.1 Å². The van der Waals surface area contributed by atoms with Crippen molar-refractivity contribution in [1.29, 1.82) is 0 Å². The molecule has 0 unspecified atom stereocenters. The van der Waals surface area contributed by atoms with Gasteiger partial charge in [-0.15, -0.1) is 0 Å². The van der Waals surface area contributed by atoms with Crippen molar-refractivity contribution in [3.63, 3.8) is 0 Å². The van der Waals surface area contributed by atoms with Gasteiger partial charge in [-0.3, -0.25) is 0 Å². The van der Waals surface area contributed by atoms with Gasteiger partial charge in [-0.25, -0.2) is 36.8 Å². The third-order valence-corrected chi connectivity index (χ3v) is 13.0. The van der Waals surface area contributed by atoms with Gasteiger partial charge in [0.25, 0.3) is 0 Å². The Morgan fingerprint density at radius 2 is 0.623 bits per heavy atom. The molecule has 69 heavy (non-hydrogen) atoms. The molecule has 17 heteroatoms. The summed E-state index contributed by atoms with van der Waals surface area (Å²) in [5.41, 5.74) is 14.3. The average molecular weight is 996 g/mol. The molecule has 0 fully saturated rings. The summed E-state index contributed by atoms with van der Waals surface area (Å²) in [4.78, 5) is 31.4. The Morgan fingerprint density at radius 3 is 0.971 bits per heavy atom. The average Bonchev–Trinajstić information content (AvgIpc) is 4.16. The van der Waals surface area contributed by atoms with Crippen LogP contribution in [0.2, 0.25) is 0 Å². The second-order valence-electron chi connectivity index (χ2n) is 16.1. The normalized spacial score (nSPS) is 12.7. The molecule has 10 heterocycles. The first kappa shape index (κ1) is 44.9. The minimum atomic E-state index is -4.66. The summed E-state index contributed by atoms with van der Waals surface area (Å²) in [7, 11) is -9.33. The molecule has 0 spiro atoms. The number of aromatic amines is 4. The van der Waals surface area contributed by atoms with Crippen molar-refractivity contribution in [2.24, 2.45) is 0 Å². The van der Waals surface area contributed by atoms with Crippen molar-refractivity contribution >= 4 is 113 Å². The van der Waals surface area contributed by atoms with Gasteiger partial charge in [0, 0.05) is 66.4 Å². The molecule has 0 atom stereocenters. The van der Waals surface area contributed by atoms with Crippen LogP contribution < -0.4 is 0 Å². The molecule has 4 N–H and O–H groups in total. The quantitative estimate of drug-likeness (QED) is 0.0963. The van der Waals surface area contributed by atoms with E-state index in [9.17, 15) is 25.9 Å². The van der Waals surface area contributed by atoms with Crippen LogP contribution in [0.3, 0.4) is 0 Å². The number of rotatable bonds is 4. The van der Waals surface area contributed by atoms with Crippen LogP contribution in [-0.2, 0) is 39.7 Å². The van der Waals surface area contributed by atoms with E-state index in [-0.39, 0.29) is 29.3 Å². The number of hydrogen-bond acceptors (Lipinski definition) is 10. The number of fused-ring (bicyclic) bond motifs is 16. The smallest absolute Gasteiger partial charge is 0.744 e. The molecule has 16 bridgehead atoms. The van der Waals surface area contributed by atoms with Gasteiger partial charge in [0.2, 0.25) is 0 Å². The van der Waals surface area contributed by atoms with Crippen LogP contribution in [0.1, 0.15) is 45.6 Å². The van der Waals surface area contributed by atoms with E-state index in [2.05, 4.69) is 39.9 Å². The second-order valence-corrected chi connectivity index (χ2v) is 18.8. The molecule has 0 radical (unpaired) electrons. The Morgan fingerprint density at radius 1 is 0.319 bits per heavy atom. The summed E-state index contributed by atoms with van der Waals surface area (Å²) in [6.45, 7) is 0. The van der Waals surface area contributed by atoms with E-state index in [0.717, 1.165) is 67.3 Å². The number of hydrogen-bond donors (Lipinski definition) is 4. The van der Waals surface area contributed by atoms with Crippen LogP contribution in [0.4, 0.5) is 0 Å². The molecule has 332 valence electrons. The van der Waals surface area contributed by atoms with E-state index in [4.69, 9.17) is 0 Å². The number of nitrogens with one attached hydrogen (secondary N) is 4.